The molecule has 0 saturated heterocycles. The Morgan fingerprint density at radius 2 is 1.77 bits per heavy atom. The number of pyridine rings is 1. The van der Waals surface area contributed by atoms with E-state index in [4.69, 9.17) is 4.74 Å². The Morgan fingerprint density at radius 1 is 1.04 bits per heavy atom. The third kappa shape index (κ3) is 2.59. The van der Waals surface area contributed by atoms with E-state index in [1.807, 2.05) is 54.8 Å². The largest absolute Gasteiger partial charge is 0.378 e. The number of rotatable bonds is 3. The fraction of sp³-hybridized carbons (Fsp3) is 0.250. The van der Waals surface area contributed by atoms with Crippen LogP contribution in [0.15, 0.2) is 41.2 Å². The molecule has 0 atom stereocenters. The number of hydrogen-bond donors (Lipinski definition) is 0. The van der Waals surface area contributed by atoms with Gasteiger partial charge in [-0.25, -0.2) is 4.52 Å². The number of hydrogen-bond acceptors (Lipinski definition) is 4. The van der Waals surface area contributed by atoms with Crippen LogP contribution in [0.25, 0.3) is 27.7 Å². The van der Waals surface area contributed by atoms with Crippen LogP contribution in [0, 0.1) is 13.8 Å². The lowest BCUT2D eigenvalue weighted by molar-refractivity contribution is 0.181. The maximum absolute atomic E-state index is 12.7. The summed E-state index contributed by atoms with van der Waals surface area (Å²) in [6.45, 7) is 4.37. The molecule has 6 heteroatoms. The molecule has 0 saturated carbocycles. The molecule has 0 aliphatic rings. The number of aryl methyl sites for hydroxylation is 3. The molecule has 3 aromatic heterocycles. The highest BCUT2D eigenvalue weighted by Gasteiger charge is 2.13. The van der Waals surface area contributed by atoms with Crippen LogP contribution in [0.3, 0.4) is 0 Å². The summed E-state index contributed by atoms with van der Waals surface area (Å²) in [5, 5.41) is 5.26. The van der Waals surface area contributed by atoms with E-state index in [0.29, 0.717) is 12.0 Å². The standard InChI is InChI=1S/C20H20N4O2/c1-12-7-15(8-13(2)21-12)14-5-6-17-18(9-14)24-19(23(3)20(17)25)10-16(22-24)11-26-4/h5-10H,11H2,1-4H3. The molecular formula is C20H20N4O2. The molecule has 0 bridgehead atoms. The van der Waals surface area contributed by atoms with Crippen molar-refractivity contribution in [1.29, 1.82) is 0 Å². The lowest BCUT2D eigenvalue weighted by Crippen LogP contribution is -2.19. The van der Waals surface area contributed by atoms with E-state index in [-0.39, 0.29) is 5.56 Å². The van der Waals surface area contributed by atoms with Crippen LogP contribution in [0.4, 0.5) is 0 Å². The van der Waals surface area contributed by atoms with E-state index in [1.54, 1.807) is 18.7 Å². The van der Waals surface area contributed by atoms with Crippen LogP contribution in [-0.2, 0) is 18.4 Å². The van der Waals surface area contributed by atoms with Crippen molar-refractivity contribution in [1.82, 2.24) is 19.2 Å². The van der Waals surface area contributed by atoms with Crippen LogP contribution >= 0.6 is 0 Å². The zero-order valence-electron chi connectivity index (χ0n) is 15.3. The van der Waals surface area contributed by atoms with Crippen molar-refractivity contribution in [3.8, 4) is 11.1 Å². The predicted molar refractivity (Wildman–Crippen MR) is 101 cm³/mol. The Balaban J connectivity index is 2.04. The summed E-state index contributed by atoms with van der Waals surface area (Å²) in [7, 11) is 3.40. The van der Waals surface area contributed by atoms with Gasteiger partial charge >= 0.3 is 0 Å². The smallest absolute Gasteiger partial charge is 0.261 e. The van der Waals surface area contributed by atoms with E-state index < -0.39 is 0 Å². The molecule has 0 N–H and O–H groups in total. The van der Waals surface area contributed by atoms with Crippen LogP contribution < -0.4 is 5.56 Å². The quantitative estimate of drug-likeness (QED) is 0.571. The molecule has 132 valence electrons. The molecule has 0 aliphatic carbocycles. The van der Waals surface area contributed by atoms with Crippen molar-refractivity contribution in [2.24, 2.45) is 7.05 Å². The Morgan fingerprint density at radius 3 is 2.46 bits per heavy atom. The predicted octanol–water partition coefficient (Wildman–Crippen LogP) is 3.01. The van der Waals surface area contributed by atoms with Gasteiger partial charge in [0.2, 0.25) is 0 Å². The molecule has 0 radical (unpaired) electrons. The molecule has 3 heterocycles. The lowest BCUT2D eigenvalue weighted by atomic mass is 10.0. The number of benzene rings is 1. The van der Waals surface area contributed by atoms with E-state index >= 15 is 0 Å². The maximum atomic E-state index is 12.7. The molecule has 0 fully saturated rings. The first-order valence-electron chi connectivity index (χ1n) is 8.44. The van der Waals surface area contributed by atoms with Crippen LogP contribution in [0.2, 0.25) is 0 Å². The monoisotopic (exact) mass is 348 g/mol. The van der Waals surface area contributed by atoms with E-state index in [2.05, 4.69) is 10.1 Å². The fourth-order valence-electron chi connectivity index (χ4n) is 3.41. The zero-order chi connectivity index (χ0) is 18.4. The van der Waals surface area contributed by atoms with Gasteiger partial charge in [-0.2, -0.15) is 5.10 Å². The van der Waals surface area contributed by atoms with Gasteiger partial charge in [-0.15, -0.1) is 0 Å². The third-order valence-corrected chi connectivity index (χ3v) is 4.55. The molecule has 4 rings (SSSR count). The van der Waals surface area contributed by atoms with Crippen molar-refractivity contribution in [2.45, 2.75) is 20.5 Å². The van der Waals surface area contributed by atoms with Gasteiger partial charge in [0.15, 0.2) is 0 Å². The second-order valence-electron chi connectivity index (χ2n) is 6.57. The number of fused-ring (bicyclic) bond motifs is 3. The summed E-state index contributed by atoms with van der Waals surface area (Å²) in [6.07, 6.45) is 0. The lowest BCUT2D eigenvalue weighted by Gasteiger charge is -2.09. The van der Waals surface area contributed by atoms with Gasteiger partial charge in [-0.3, -0.25) is 14.3 Å². The van der Waals surface area contributed by atoms with E-state index in [0.717, 1.165) is 39.4 Å². The minimum Gasteiger partial charge on any atom is -0.378 e. The summed E-state index contributed by atoms with van der Waals surface area (Å²) in [6, 6.07) is 11.8. The van der Waals surface area contributed by atoms with Gasteiger partial charge in [0.1, 0.15) is 5.65 Å². The minimum absolute atomic E-state index is 0.0370. The normalized spacial score (nSPS) is 11.5. The molecule has 26 heavy (non-hydrogen) atoms. The zero-order valence-corrected chi connectivity index (χ0v) is 15.3. The van der Waals surface area contributed by atoms with Crippen LogP contribution in [0.1, 0.15) is 17.1 Å². The number of methoxy groups -OCH3 is 1. The molecule has 0 spiro atoms. The van der Waals surface area contributed by atoms with E-state index in [1.165, 1.54) is 0 Å². The highest BCUT2D eigenvalue weighted by atomic mass is 16.5. The van der Waals surface area contributed by atoms with Crippen molar-refractivity contribution < 1.29 is 4.74 Å². The highest BCUT2D eigenvalue weighted by molar-refractivity contribution is 5.85. The van der Waals surface area contributed by atoms with Gasteiger partial charge in [0.05, 0.1) is 23.2 Å². The van der Waals surface area contributed by atoms with Gasteiger partial charge in [-0.1, -0.05) is 6.07 Å². The number of ether oxygens (including phenoxy) is 1. The van der Waals surface area contributed by atoms with Crippen molar-refractivity contribution in [3.05, 3.63) is 63.8 Å². The summed E-state index contributed by atoms with van der Waals surface area (Å²) in [5.74, 6) is 0. The van der Waals surface area contributed by atoms with Crippen LogP contribution in [0.5, 0.6) is 0 Å². The Labute approximate surface area is 150 Å². The molecule has 0 aliphatic heterocycles. The second-order valence-corrected chi connectivity index (χ2v) is 6.57. The van der Waals surface area contributed by atoms with Gasteiger partial charge in [-0.05, 0) is 49.2 Å². The summed E-state index contributed by atoms with van der Waals surface area (Å²) in [5.41, 5.74) is 6.33. The first kappa shape index (κ1) is 16.5. The molecule has 4 aromatic rings. The van der Waals surface area contributed by atoms with E-state index in [9.17, 15) is 4.79 Å². The van der Waals surface area contributed by atoms with Gasteiger partial charge in [0.25, 0.3) is 5.56 Å². The SMILES string of the molecule is COCc1cc2n(C)c(=O)c3ccc(-c4cc(C)nc(C)c4)cc3n2n1. The van der Waals surface area contributed by atoms with Crippen molar-refractivity contribution in [2.75, 3.05) is 7.11 Å². The summed E-state index contributed by atoms with van der Waals surface area (Å²) in [4.78, 5) is 17.2. The van der Waals surface area contributed by atoms with Gasteiger partial charge < -0.3 is 4.74 Å². The van der Waals surface area contributed by atoms with Crippen LogP contribution in [-0.4, -0.2) is 26.3 Å². The van der Waals surface area contributed by atoms with Gasteiger partial charge in [0, 0.05) is 31.6 Å². The fourth-order valence-corrected chi connectivity index (χ4v) is 3.41. The molecule has 1 aromatic carbocycles. The molecular weight excluding hydrogens is 328 g/mol. The summed E-state index contributed by atoms with van der Waals surface area (Å²) < 4.78 is 8.62. The van der Waals surface area contributed by atoms with Crippen molar-refractivity contribution >= 4 is 16.6 Å². The maximum Gasteiger partial charge on any atom is 0.261 e. The minimum atomic E-state index is -0.0370. The first-order valence-corrected chi connectivity index (χ1v) is 8.44. The highest BCUT2D eigenvalue weighted by Crippen LogP contribution is 2.25. The number of aromatic nitrogens is 4. The molecule has 0 unspecified atom stereocenters. The second kappa shape index (κ2) is 6.07. The molecule has 6 nitrogen and oxygen atoms in total. The summed E-state index contributed by atoms with van der Waals surface area (Å²) >= 11 is 0. The first-order chi connectivity index (χ1) is 12.5. The average molecular weight is 348 g/mol. The molecule has 0 amide bonds. The Bertz CT molecular complexity index is 1180. The average Bonchev–Trinajstić information content (AvgIpc) is 3.03. The Kier molecular flexibility index (Phi) is 3.85. The Hall–Kier alpha value is -2.99. The van der Waals surface area contributed by atoms with Crippen molar-refractivity contribution in [3.63, 3.8) is 0 Å². The topological polar surface area (TPSA) is 61.4 Å². The third-order valence-electron chi connectivity index (χ3n) is 4.55. The number of nitrogens with zero attached hydrogens (tertiary/aromatic N) is 4.